The summed E-state index contributed by atoms with van der Waals surface area (Å²) in [4.78, 5) is 37.5. The molecule has 1 aromatic carbocycles. The molecule has 2 unspecified atom stereocenters. The smallest absolute Gasteiger partial charge is 0.339 e. The number of carbonyl (C=O) groups excluding carboxylic acids is 2. The number of hydrogen-bond acceptors (Lipinski definition) is 5. The van der Waals surface area contributed by atoms with E-state index in [0.29, 0.717) is 12.8 Å². The number of thioether (sulfide) groups is 1. The lowest BCUT2D eigenvalue weighted by atomic mass is 10.0. The molecule has 2 atom stereocenters. The van der Waals surface area contributed by atoms with E-state index in [4.69, 9.17) is 0 Å². The number of benzene rings is 1. The monoisotopic (exact) mass is 638 g/mol. The molecule has 0 saturated carbocycles. The Balaban J connectivity index is 2.37. The van der Waals surface area contributed by atoms with E-state index in [1.54, 1.807) is 11.8 Å². The first-order valence-electron chi connectivity index (χ1n) is 16.2. The van der Waals surface area contributed by atoms with Gasteiger partial charge < -0.3 is 20.8 Å². The van der Waals surface area contributed by atoms with Crippen molar-refractivity contribution < 1.29 is 24.6 Å². The average molecular weight is 639 g/mol. The predicted molar refractivity (Wildman–Crippen MR) is 190 cm³/mol. The number of amides is 2. The highest BCUT2D eigenvalue weighted by Gasteiger charge is 2.26. The van der Waals surface area contributed by atoms with Gasteiger partial charge in [-0.1, -0.05) is 88.5 Å². The number of aromatic hydroxyl groups is 1. The lowest BCUT2D eigenvalue weighted by molar-refractivity contribution is -0.126. The number of anilines is 1. The molecule has 8 heteroatoms. The van der Waals surface area contributed by atoms with Gasteiger partial charge in [-0.3, -0.25) is 9.59 Å². The number of phenols is 1. The summed E-state index contributed by atoms with van der Waals surface area (Å²) in [5, 5.41) is 24.3. The summed E-state index contributed by atoms with van der Waals surface area (Å²) >= 11 is 1.62. The third kappa shape index (κ3) is 18.8. The predicted octanol–water partition coefficient (Wildman–Crippen LogP) is 8.99. The third-order valence-electron chi connectivity index (χ3n) is 6.74. The molecule has 0 aromatic heterocycles. The number of rotatable bonds is 23. The van der Waals surface area contributed by atoms with Crippen LogP contribution in [0.4, 0.5) is 5.69 Å². The van der Waals surface area contributed by atoms with Crippen molar-refractivity contribution in [1.82, 2.24) is 5.32 Å². The maximum absolute atomic E-state index is 13.1. The SMILES string of the molecule is CC/C=C\C/C=C\C/C=C\C/C=C\C/C=C\CCCCSC(CC)C(=O)NC(CC(C)C)C(=O)Nc1ccc(O)c(C(=O)O)c1. The van der Waals surface area contributed by atoms with E-state index < -0.39 is 17.9 Å². The fraction of sp³-hybridized carbons (Fsp3) is 0.486. The van der Waals surface area contributed by atoms with Crippen LogP contribution in [0.25, 0.3) is 0 Å². The van der Waals surface area contributed by atoms with Crippen LogP contribution in [-0.2, 0) is 9.59 Å². The highest BCUT2D eigenvalue weighted by Crippen LogP contribution is 2.22. The number of carboxylic acid groups (broad SMARTS) is 1. The van der Waals surface area contributed by atoms with Gasteiger partial charge >= 0.3 is 5.97 Å². The number of nitrogens with one attached hydrogen (secondary N) is 2. The van der Waals surface area contributed by atoms with Gasteiger partial charge in [0.1, 0.15) is 17.4 Å². The van der Waals surface area contributed by atoms with Gasteiger partial charge in [0, 0.05) is 5.69 Å². The van der Waals surface area contributed by atoms with Crippen molar-refractivity contribution in [2.24, 2.45) is 5.92 Å². The molecule has 0 aliphatic heterocycles. The second-order valence-electron chi connectivity index (χ2n) is 11.2. The molecule has 0 saturated heterocycles. The van der Waals surface area contributed by atoms with Gasteiger partial charge in [0.15, 0.2) is 0 Å². The fourth-order valence-electron chi connectivity index (χ4n) is 4.32. The van der Waals surface area contributed by atoms with Gasteiger partial charge in [-0.2, -0.15) is 0 Å². The van der Waals surface area contributed by atoms with Gasteiger partial charge in [0.25, 0.3) is 0 Å². The van der Waals surface area contributed by atoms with E-state index >= 15 is 0 Å². The standard InChI is InChI=1S/C37H54N2O5S/c1-5-7-8-9-10-11-12-13-14-15-16-17-18-19-20-21-22-23-26-45-34(6-2)36(42)39-32(27-29(3)4)35(41)38-30-24-25-33(40)31(28-30)37(43)44/h7-8,10-11,13-14,16-17,19-20,24-25,28-29,32,34,40H,5-6,9,12,15,18,21-23,26-27H2,1-4H3,(H,38,41)(H,39,42)(H,43,44)/b8-7-,11-10-,14-13-,17-16-,20-19-. The normalized spacial score (nSPS) is 13.5. The van der Waals surface area contributed by atoms with E-state index in [2.05, 4.69) is 78.3 Å². The summed E-state index contributed by atoms with van der Waals surface area (Å²) in [7, 11) is 0. The molecule has 0 aliphatic carbocycles. The molecule has 2 amide bonds. The van der Waals surface area contributed by atoms with Crippen LogP contribution in [0.5, 0.6) is 5.75 Å². The van der Waals surface area contributed by atoms with E-state index in [0.717, 1.165) is 57.1 Å². The molecule has 0 spiro atoms. The summed E-state index contributed by atoms with van der Waals surface area (Å²) in [6.45, 7) is 8.05. The molecule has 0 fully saturated rings. The first kappa shape index (κ1) is 39.5. The van der Waals surface area contributed by atoms with Crippen LogP contribution in [0.2, 0.25) is 0 Å². The second kappa shape index (κ2) is 24.8. The minimum absolute atomic E-state index is 0.152. The summed E-state index contributed by atoms with van der Waals surface area (Å²) in [5.41, 5.74) is -0.0619. The maximum atomic E-state index is 13.1. The number of allylic oxidation sites excluding steroid dienone is 10. The summed E-state index contributed by atoms with van der Waals surface area (Å²) in [5.74, 6) is -1.25. The number of aromatic carboxylic acids is 1. The van der Waals surface area contributed by atoms with Gasteiger partial charge in [0.2, 0.25) is 11.8 Å². The van der Waals surface area contributed by atoms with Gasteiger partial charge in [-0.15, -0.1) is 11.8 Å². The lowest BCUT2D eigenvalue weighted by Crippen LogP contribution is -2.47. The minimum Gasteiger partial charge on any atom is -0.507 e. The molecule has 0 radical (unpaired) electrons. The first-order chi connectivity index (χ1) is 21.7. The summed E-state index contributed by atoms with van der Waals surface area (Å²) < 4.78 is 0. The Labute approximate surface area is 275 Å². The zero-order valence-corrected chi connectivity index (χ0v) is 28.4. The van der Waals surface area contributed by atoms with Crippen molar-refractivity contribution in [2.45, 2.75) is 103 Å². The highest BCUT2D eigenvalue weighted by atomic mass is 32.2. The molecule has 1 aromatic rings. The third-order valence-corrected chi connectivity index (χ3v) is 8.21. The molecule has 0 heterocycles. The Kier molecular flexibility index (Phi) is 21.7. The van der Waals surface area contributed by atoms with Crippen molar-refractivity contribution in [1.29, 1.82) is 0 Å². The number of carboxylic acids is 1. The van der Waals surface area contributed by atoms with Crippen molar-refractivity contribution in [3.8, 4) is 5.75 Å². The Morgan fingerprint density at radius 1 is 0.822 bits per heavy atom. The Hall–Kier alpha value is -3.52. The van der Waals surface area contributed by atoms with Crippen LogP contribution in [-0.4, -0.2) is 45.0 Å². The molecule has 4 N–H and O–H groups in total. The molecule has 248 valence electrons. The first-order valence-corrected chi connectivity index (χ1v) is 17.3. The fourth-order valence-corrected chi connectivity index (χ4v) is 5.43. The maximum Gasteiger partial charge on any atom is 0.339 e. The van der Waals surface area contributed by atoms with E-state index in [1.807, 2.05) is 20.8 Å². The minimum atomic E-state index is -1.30. The average Bonchev–Trinajstić information content (AvgIpc) is 3.00. The summed E-state index contributed by atoms with van der Waals surface area (Å²) in [6, 6.07) is 3.09. The number of unbranched alkanes of at least 4 members (excludes halogenated alkanes) is 2. The van der Waals surface area contributed by atoms with E-state index in [9.17, 15) is 24.6 Å². The molecular formula is C37H54N2O5S. The van der Waals surface area contributed by atoms with Crippen LogP contribution in [0.15, 0.2) is 79.0 Å². The molecule has 0 bridgehead atoms. The number of carbonyl (C=O) groups is 3. The van der Waals surface area contributed by atoms with Crippen molar-refractivity contribution in [3.05, 3.63) is 84.5 Å². The zero-order chi connectivity index (χ0) is 33.3. The quantitative estimate of drug-likeness (QED) is 0.0540. The van der Waals surface area contributed by atoms with Crippen LogP contribution < -0.4 is 10.6 Å². The van der Waals surface area contributed by atoms with Crippen molar-refractivity contribution in [2.75, 3.05) is 11.1 Å². The number of hydrogen-bond donors (Lipinski definition) is 4. The van der Waals surface area contributed by atoms with Gasteiger partial charge in [0.05, 0.1) is 5.25 Å². The second-order valence-corrected chi connectivity index (χ2v) is 12.5. The van der Waals surface area contributed by atoms with Crippen molar-refractivity contribution >= 4 is 35.2 Å². The van der Waals surface area contributed by atoms with Crippen molar-refractivity contribution in [3.63, 3.8) is 0 Å². The largest absolute Gasteiger partial charge is 0.507 e. The van der Waals surface area contributed by atoms with Crippen LogP contribution in [0.3, 0.4) is 0 Å². The van der Waals surface area contributed by atoms with Crippen LogP contribution >= 0.6 is 11.8 Å². The van der Waals surface area contributed by atoms with Gasteiger partial charge in [-0.05, 0) is 94.1 Å². The topological polar surface area (TPSA) is 116 Å². The Morgan fingerprint density at radius 3 is 1.93 bits per heavy atom. The van der Waals surface area contributed by atoms with Gasteiger partial charge in [-0.25, -0.2) is 4.79 Å². The highest BCUT2D eigenvalue weighted by molar-refractivity contribution is 8.00. The molecule has 0 aliphatic rings. The van der Waals surface area contributed by atoms with E-state index in [1.165, 1.54) is 18.2 Å². The van der Waals surface area contributed by atoms with Crippen LogP contribution in [0.1, 0.15) is 102 Å². The Bertz CT molecular complexity index is 1170. The molecule has 1 rings (SSSR count). The molecular weight excluding hydrogens is 584 g/mol. The zero-order valence-electron chi connectivity index (χ0n) is 27.5. The Morgan fingerprint density at radius 2 is 1.40 bits per heavy atom. The molecule has 45 heavy (non-hydrogen) atoms. The van der Waals surface area contributed by atoms with Crippen LogP contribution in [0, 0.1) is 5.92 Å². The summed E-state index contributed by atoms with van der Waals surface area (Å²) in [6.07, 6.45) is 31.1. The lowest BCUT2D eigenvalue weighted by Gasteiger charge is -2.23. The molecule has 7 nitrogen and oxygen atoms in total. The van der Waals surface area contributed by atoms with E-state index in [-0.39, 0.29) is 34.1 Å².